The van der Waals surface area contributed by atoms with Crippen molar-refractivity contribution in [2.45, 2.75) is 13.0 Å². The number of aliphatic hydroxyl groups excluding tert-OH is 1. The lowest BCUT2D eigenvalue weighted by molar-refractivity contribution is -0.132. The highest BCUT2D eigenvalue weighted by Crippen LogP contribution is 2.45. The third-order valence-electron chi connectivity index (χ3n) is 5.05. The number of hydrogen-bond acceptors (Lipinski definition) is 5. The van der Waals surface area contributed by atoms with Crippen LogP contribution in [0, 0.1) is 12.7 Å². The summed E-state index contributed by atoms with van der Waals surface area (Å²) in [7, 11) is 1.38. The van der Waals surface area contributed by atoms with E-state index < -0.39 is 29.3 Å². The number of amides is 1. The topological polar surface area (TPSA) is 66.8 Å². The average molecular weight is 423 g/mol. The molecule has 1 N–H and O–H groups in total. The van der Waals surface area contributed by atoms with E-state index in [0.717, 1.165) is 16.5 Å². The Labute approximate surface area is 176 Å². The van der Waals surface area contributed by atoms with E-state index in [9.17, 15) is 19.1 Å². The number of Topliss-reactive ketones (excluding diaryl/α,β-unsaturated/α-hetero) is 1. The number of ketones is 1. The number of rotatable bonds is 4. The van der Waals surface area contributed by atoms with Gasteiger partial charge in [-0.25, -0.2) is 4.39 Å². The predicted molar refractivity (Wildman–Crippen MR) is 113 cm³/mol. The molecular weight excluding hydrogens is 405 g/mol. The van der Waals surface area contributed by atoms with Gasteiger partial charge in [0.15, 0.2) is 0 Å². The quantitative estimate of drug-likeness (QED) is 0.371. The molecule has 4 rings (SSSR count). The number of ether oxygens (including phenoxy) is 1. The maximum Gasteiger partial charge on any atom is 0.300 e. The molecule has 3 aromatic rings. The molecule has 1 saturated heterocycles. The van der Waals surface area contributed by atoms with Gasteiger partial charge in [-0.1, -0.05) is 18.2 Å². The first-order valence-corrected chi connectivity index (χ1v) is 10.1. The summed E-state index contributed by atoms with van der Waals surface area (Å²) < 4.78 is 19.2. The van der Waals surface area contributed by atoms with Crippen LogP contribution >= 0.6 is 11.3 Å². The van der Waals surface area contributed by atoms with Gasteiger partial charge in [-0.05, 0) is 54.3 Å². The van der Waals surface area contributed by atoms with Gasteiger partial charge in [-0.3, -0.25) is 14.5 Å². The van der Waals surface area contributed by atoms with Crippen molar-refractivity contribution in [1.29, 1.82) is 0 Å². The van der Waals surface area contributed by atoms with Gasteiger partial charge < -0.3 is 9.84 Å². The first kappa shape index (κ1) is 19.8. The Morgan fingerprint density at radius 2 is 1.87 bits per heavy atom. The highest BCUT2D eigenvalue weighted by atomic mass is 32.1. The van der Waals surface area contributed by atoms with Gasteiger partial charge in [0.05, 0.1) is 18.2 Å². The number of benzene rings is 2. The number of carbonyl (C=O) groups is 2. The van der Waals surface area contributed by atoms with Gasteiger partial charge in [-0.2, -0.15) is 0 Å². The van der Waals surface area contributed by atoms with Crippen LogP contribution in [0.2, 0.25) is 0 Å². The molecule has 1 aliphatic rings. The van der Waals surface area contributed by atoms with Crippen LogP contribution in [-0.2, 0) is 9.59 Å². The SMILES string of the molecule is COc1ccc(F)cc1/C(O)=C1\C(=O)C(=O)N(c2ccccc2)C1c1sccc1C. The van der Waals surface area contributed by atoms with E-state index in [4.69, 9.17) is 4.74 Å². The van der Waals surface area contributed by atoms with Crippen molar-refractivity contribution in [2.24, 2.45) is 0 Å². The van der Waals surface area contributed by atoms with E-state index in [1.54, 1.807) is 24.3 Å². The smallest absolute Gasteiger partial charge is 0.300 e. The van der Waals surface area contributed by atoms with Crippen molar-refractivity contribution in [1.82, 2.24) is 0 Å². The first-order valence-electron chi connectivity index (χ1n) is 9.18. The number of anilines is 1. The molecule has 7 heteroatoms. The maximum absolute atomic E-state index is 13.9. The van der Waals surface area contributed by atoms with Crippen LogP contribution in [0.3, 0.4) is 0 Å². The summed E-state index contributed by atoms with van der Waals surface area (Å²) in [6, 6.07) is 13.5. The number of aliphatic hydroxyl groups is 1. The molecule has 1 aliphatic heterocycles. The number of carbonyl (C=O) groups excluding carboxylic acids is 2. The van der Waals surface area contributed by atoms with Gasteiger partial charge in [0, 0.05) is 10.6 Å². The van der Waals surface area contributed by atoms with Crippen molar-refractivity contribution in [3.8, 4) is 5.75 Å². The molecule has 1 fully saturated rings. The number of methoxy groups -OCH3 is 1. The largest absolute Gasteiger partial charge is 0.507 e. The third-order valence-corrected chi connectivity index (χ3v) is 6.12. The molecule has 2 heterocycles. The zero-order valence-corrected chi connectivity index (χ0v) is 17.1. The van der Waals surface area contributed by atoms with Crippen LogP contribution in [0.15, 0.2) is 65.6 Å². The van der Waals surface area contributed by atoms with E-state index in [-0.39, 0.29) is 16.9 Å². The van der Waals surface area contributed by atoms with E-state index in [1.807, 2.05) is 24.4 Å². The third kappa shape index (κ3) is 3.17. The highest BCUT2D eigenvalue weighted by molar-refractivity contribution is 7.10. The van der Waals surface area contributed by atoms with Crippen LogP contribution in [0.4, 0.5) is 10.1 Å². The molecule has 0 saturated carbocycles. The Kier molecular flexibility index (Phi) is 5.13. The van der Waals surface area contributed by atoms with Gasteiger partial charge >= 0.3 is 0 Å². The summed E-state index contributed by atoms with van der Waals surface area (Å²) in [4.78, 5) is 28.2. The Bertz CT molecular complexity index is 1170. The highest BCUT2D eigenvalue weighted by Gasteiger charge is 2.48. The van der Waals surface area contributed by atoms with Gasteiger partial charge in [0.25, 0.3) is 11.7 Å². The summed E-state index contributed by atoms with van der Waals surface area (Å²) in [5.41, 5.74) is 1.33. The number of halogens is 1. The van der Waals surface area contributed by atoms with Gasteiger partial charge in [0.2, 0.25) is 0 Å². The molecule has 0 bridgehead atoms. The van der Waals surface area contributed by atoms with Gasteiger partial charge in [0.1, 0.15) is 23.4 Å². The van der Waals surface area contributed by atoms with Crippen LogP contribution in [0.1, 0.15) is 22.0 Å². The monoisotopic (exact) mass is 423 g/mol. The lowest BCUT2D eigenvalue weighted by atomic mass is 9.97. The van der Waals surface area contributed by atoms with E-state index in [0.29, 0.717) is 5.69 Å². The van der Waals surface area contributed by atoms with Crippen LogP contribution < -0.4 is 9.64 Å². The molecule has 2 aromatic carbocycles. The Balaban J connectivity index is 1.99. The maximum atomic E-state index is 13.9. The Morgan fingerprint density at radius 3 is 2.50 bits per heavy atom. The molecule has 152 valence electrons. The molecule has 1 unspecified atom stereocenters. The number of aryl methyl sites for hydroxylation is 1. The number of hydrogen-bond donors (Lipinski definition) is 1. The zero-order valence-electron chi connectivity index (χ0n) is 16.3. The summed E-state index contributed by atoms with van der Waals surface area (Å²) >= 11 is 1.38. The molecule has 1 atom stereocenters. The summed E-state index contributed by atoms with van der Waals surface area (Å²) in [6.45, 7) is 1.87. The van der Waals surface area contributed by atoms with Crippen LogP contribution in [0.25, 0.3) is 5.76 Å². The van der Waals surface area contributed by atoms with Crippen molar-refractivity contribution >= 4 is 34.5 Å². The molecule has 0 radical (unpaired) electrons. The lowest BCUT2D eigenvalue weighted by Gasteiger charge is -2.25. The molecule has 0 aliphatic carbocycles. The minimum Gasteiger partial charge on any atom is -0.507 e. The second-order valence-electron chi connectivity index (χ2n) is 6.82. The standard InChI is InChI=1S/C23H18FNO4S/c1-13-10-11-30-22(13)19-18(20(26)16-12-14(24)8-9-17(16)29-2)21(27)23(28)25(19)15-6-4-3-5-7-15/h3-12,19,26H,1-2H3/b20-18+. The van der Waals surface area contributed by atoms with Crippen LogP contribution in [0.5, 0.6) is 5.75 Å². The first-order chi connectivity index (χ1) is 14.4. The fourth-order valence-corrected chi connectivity index (χ4v) is 4.64. The van der Waals surface area contributed by atoms with Crippen LogP contribution in [-0.4, -0.2) is 23.9 Å². The zero-order chi connectivity index (χ0) is 21.4. The molecule has 1 aromatic heterocycles. The fourth-order valence-electron chi connectivity index (χ4n) is 3.61. The average Bonchev–Trinajstić information content (AvgIpc) is 3.28. The van der Waals surface area contributed by atoms with Crippen molar-refractivity contribution < 1.29 is 23.8 Å². The summed E-state index contributed by atoms with van der Waals surface area (Å²) in [6.07, 6.45) is 0. The summed E-state index contributed by atoms with van der Waals surface area (Å²) in [5, 5.41) is 13.0. The molecule has 1 amide bonds. The second kappa shape index (κ2) is 7.76. The van der Waals surface area contributed by atoms with Gasteiger partial charge in [-0.15, -0.1) is 11.3 Å². The summed E-state index contributed by atoms with van der Waals surface area (Å²) in [5.74, 6) is -2.46. The Morgan fingerprint density at radius 1 is 1.13 bits per heavy atom. The minimum atomic E-state index is -0.833. The molecule has 5 nitrogen and oxygen atoms in total. The minimum absolute atomic E-state index is 0.0165. The second-order valence-corrected chi connectivity index (χ2v) is 7.76. The fraction of sp³-hybridized carbons (Fsp3) is 0.130. The lowest BCUT2D eigenvalue weighted by Crippen LogP contribution is -2.29. The number of para-hydroxylation sites is 1. The van der Waals surface area contributed by atoms with Crippen molar-refractivity contribution in [3.63, 3.8) is 0 Å². The van der Waals surface area contributed by atoms with E-state index in [1.165, 1.54) is 35.5 Å². The van der Waals surface area contributed by atoms with E-state index in [2.05, 4.69) is 0 Å². The molecular formula is C23H18FNO4S. The Hall–Kier alpha value is -3.45. The molecule has 30 heavy (non-hydrogen) atoms. The van der Waals surface area contributed by atoms with Crippen molar-refractivity contribution in [3.05, 3.63) is 87.4 Å². The molecule has 0 spiro atoms. The van der Waals surface area contributed by atoms with Crippen molar-refractivity contribution in [2.75, 3.05) is 12.0 Å². The number of nitrogens with zero attached hydrogens (tertiary/aromatic N) is 1. The van der Waals surface area contributed by atoms with E-state index >= 15 is 0 Å². The normalized spacial score (nSPS) is 18.1. The predicted octanol–water partition coefficient (Wildman–Crippen LogP) is 4.83. The number of thiophene rings is 1.